The Morgan fingerprint density at radius 1 is 1.18 bits per heavy atom. The van der Waals surface area contributed by atoms with Gasteiger partial charge in [-0.15, -0.1) is 0 Å². The van der Waals surface area contributed by atoms with Gasteiger partial charge < -0.3 is 10.6 Å². The normalized spacial score (nSPS) is 13.6. The molecule has 2 aromatic rings. The molecule has 5 heteroatoms. The van der Waals surface area contributed by atoms with Crippen LogP contribution in [-0.2, 0) is 6.42 Å². The maximum atomic E-state index is 12.1. The highest BCUT2D eigenvalue weighted by atomic mass is 16.1. The van der Waals surface area contributed by atoms with Gasteiger partial charge in [0.1, 0.15) is 5.69 Å². The summed E-state index contributed by atoms with van der Waals surface area (Å²) in [6.45, 7) is 0.642. The van der Waals surface area contributed by atoms with Gasteiger partial charge in [-0.05, 0) is 37.3 Å². The fourth-order valence-corrected chi connectivity index (χ4v) is 2.19. The fourth-order valence-electron chi connectivity index (χ4n) is 2.19. The Labute approximate surface area is 130 Å². The predicted octanol–water partition coefficient (Wildman–Crippen LogP) is 2.41. The van der Waals surface area contributed by atoms with Gasteiger partial charge in [0.05, 0.1) is 0 Å². The summed E-state index contributed by atoms with van der Waals surface area (Å²) in [6.07, 6.45) is 5.79. The molecule has 114 valence electrons. The third-order valence-corrected chi connectivity index (χ3v) is 3.57. The lowest BCUT2D eigenvalue weighted by molar-refractivity contribution is 0.0948. The van der Waals surface area contributed by atoms with Gasteiger partial charge in [-0.25, -0.2) is 9.97 Å². The lowest BCUT2D eigenvalue weighted by Gasteiger charge is -2.07. The topological polar surface area (TPSA) is 66.9 Å². The Morgan fingerprint density at radius 2 is 2.00 bits per heavy atom. The first-order valence-corrected chi connectivity index (χ1v) is 7.73. The number of carbonyl (C=O) groups is 1. The number of nitrogens with zero attached hydrogens (tertiary/aromatic N) is 2. The molecule has 22 heavy (non-hydrogen) atoms. The van der Waals surface area contributed by atoms with Crippen LogP contribution in [0.4, 0.5) is 5.95 Å². The van der Waals surface area contributed by atoms with Crippen LogP contribution in [0.25, 0.3) is 0 Å². The molecule has 2 N–H and O–H groups in total. The van der Waals surface area contributed by atoms with Crippen molar-refractivity contribution in [3.8, 4) is 0 Å². The van der Waals surface area contributed by atoms with Gasteiger partial charge in [-0.2, -0.15) is 0 Å². The Morgan fingerprint density at radius 3 is 2.77 bits per heavy atom. The molecular formula is C17H20N4O. The van der Waals surface area contributed by atoms with Crippen molar-refractivity contribution >= 4 is 11.9 Å². The summed E-state index contributed by atoms with van der Waals surface area (Å²) in [5.41, 5.74) is 1.70. The molecule has 5 nitrogen and oxygen atoms in total. The van der Waals surface area contributed by atoms with Crippen LogP contribution < -0.4 is 10.6 Å². The molecule has 0 aliphatic heterocycles. The molecule has 1 heterocycles. The molecule has 0 saturated heterocycles. The van der Waals surface area contributed by atoms with E-state index in [0.29, 0.717) is 24.2 Å². The predicted molar refractivity (Wildman–Crippen MR) is 85.8 cm³/mol. The summed E-state index contributed by atoms with van der Waals surface area (Å²) in [4.78, 5) is 20.5. The molecule has 0 spiro atoms. The molecule has 3 rings (SSSR count). The van der Waals surface area contributed by atoms with Crippen molar-refractivity contribution in [2.75, 3.05) is 11.9 Å². The Kier molecular flexibility index (Phi) is 4.63. The van der Waals surface area contributed by atoms with Gasteiger partial charge >= 0.3 is 0 Å². The molecule has 1 amide bonds. The zero-order valence-electron chi connectivity index (χ0n) is 12.5. The third kappa shape index (κ3) is 4.28. The number of benzene rings is 1. The van der Waals surface area contributed by atoms with E-state index in [1.807, 2.05) is 18.2 Å². The average molecular weight is 296 g/mol. The van der Waals surface area contributed by atoms with Crippen molar-refractivity contribution in [3.05, 3.63) is 53.9 Å². The van der Waals surface area contributed by atoms with Crippen molar-refractivity contribution in [3.63, 3.8) is 0 Å². The maximum Gasteiger partial charge on any atom is 0.270 e. The van der Waals surface area contributed by atoms with E-state index in [4.69, 9.17) is 0 Å². The Bertz CT molecular complexity index is 626. The van der Waals surface area contributed by atoms with Crippen LogP contribution in [0.1, 0.15) is 35.3 Å². The summed E-state index contributed by atoms with van der Waals surface area (Å²) in [5.74, 6) is 0.397. The van der Waals surface area contributed by atoms with E-state index in [2.05, 4.69) is 32.7 Å². The van der Waals surface area contributed by atoms with Crippen LogP contribution in [0.15, 0.2) is 42.6 Å². The molecule has 1 aliphatic rings. The molecule has 1 saturated carbocycles. The van der Waals surface area contributed by atoms with E-state index in [1.54, 1.807) is 12.3 Å². The average Bonchev–Trinajstić information content (AvgIpc) is 3.36. The van der Waals surface area contributed by atoms with E-state index in [-0.39, 0.29) is 5.91 Å². The largest absolute Gasteiger partial charge is 0.351 e. The first-order chi connectivity index (χ1) is 10.8. The van der Waals surface area contributed by atoms with Crippen molar-refractivity contribution in [1.29, 1.82) is 0 Å². The molecule has 0 unspecified atom stereocenters. The lowest BCUT2D eigenvalue weighted by Crippen LogP contribution is -2.26. The molecule has 0 radical (unpaired) electrons. The third-order valence-electron chi connectivity index (χ3n) is 3.57. The summed E-state index contributed by atoms with van der Waals surface area (Å²) in [6, 6.07) is 12.4. The Balaban J connectivity index is 1.45. The van der Waals surface area contributed by atoms with Gasteiger partial charge in [0.15, 0.2) is 0 Å². The summed E-state index contributed by atoms with van der Waals surface area (Å²) in [5, 5.41) is 6.11. The smallest absolute Gasteiger partial charge is 0.270 e. The first-order valence-electron chi connectivity index (χ1n) is 7.73. The molecule has 0 atom stereocenters. The molecule has 1 aromatic heterocycles. The second-order valence-electron chi connectivity index (χ2n) is 5.53. The fraction of sp³-hybridized carbons (Fsp3) is 0.353. The van der Waals surface area contributed by atoms with E-state index in [9.17, 15) is 4.79 Å². The number of aryl methyl sites for hydroxylation is 1. The highest BCUT2D eigenvalue weighted by molar-refractivity contribution is 5.92. The number of amides is 1. The minimum absolute atomic E-state index is 0.144. The van der Waals surface area contributed by atoms with Crippen molar-refractivity contribution in [1.82, 2.24) is 15.3 Å². The van der Waals surface area contributed by atoms with Crippen LogP contribution >= 0.6 is 0 Å². The highest BCUT2D eigenvalue weighted by Crippen LogP contribution is 2.22. The molecule has 0 bridgehead atoms. The van der Waals surface area contributed by atoms with E-state index in [1.165, 1.54) is 5.56 Å². The van der Waals surface area contributed by atoms with Crippen molar-refractivity contribution < 1.29 is 4.79 Å². The summed E-state index contributed by atoms with van der Waals surface area (Å²) >= 11 is 0. The zero-order valence-corrected chi connectivity index (χ0v) is 12.5. The second kappa shape index (κ2) is 7.02. The quantitative estimate of drug-likeness (QED) is 0.770. The maximum absolute atomic E-state index is 12.1. The number of hydrogen-bond acceptors (Lipinski definition) is 4. The number of anilines is 1. The van der Waals surface area contributed by atoms with Crippen LogP contribution in [-0.4, -0.2) is 28.5 Å². The SMILES string of the molecule is O=C(NCCCc1ccccc1)c1ccnc(NC2CC2)n1. The summed E-state index contributed by atoms with van der Waals surface area (Å²) in [7, 11) is 0. The second-order valence-corrected chi connectivity index (χ2v) is 5.53. The van der Waals surface area contributed by atoms with Crippen LogP contribution in [0.3, 0.4) is 0 Å². The van der Waals surface area contributed by atoms with Crippen molar-refractivity contribution in [2.24, 2.45) is 0 Å². The lowest BCUT2D eigenvalue weighted by atomic mass is 10.1. The molecular weight excluding hydrogens is 276 g/mol. The van der Waals surface area contributed by atoms with Crippen LogP contribution in [0, 0.1) is 0 Å². The Hall–Kier alpha value is -2.43. The van der Waals surface area contributed by atoms with E-state index < -0.39 is 0 Å². The number of hydrogen-bond donors (Lipinski definition) is 2. The number of nitrogens with one attached hydrogen (secondary N) is 2. The minimum Gasteiger partial charge on any atom is -0.351 e. The van der Waals surface area contributed by atoms with Crippen molar-refractivity contribution in [2.45, 2.75) is 31.7 Å². The summed E-state index contributed by atoms with van der Waals surface area (Å²) < 4.78 is 0. The van der Waals surface area contributed by atoms with Gasteiger partial charge in [0.25, 0.3) is 5.91 Å². The molecule has 1 aromatic carbocycles. The number of rotatable bonds is 7. The first kappa shape index (κ1) is 14.5. The number of carbonyl (C=O) groups excluding carboxylic acids is 1. The van der Waals surface area contributed by atoms with Gasteiger partial charge in [0.2, 0.25) is 5.95 Å². The molecule has 1 aliphatic carbocycles. The van der Waals surface area contributed by atoms with E-state index >= 15 is 0 Å². The van der Waals surface area contributed by atoms with E-state index in [0.717, 1.165) is 25.7 Å². The highest BCUT2D eigenvalue weighted by Gasteiger charge is 2.22. The van der Waals surface area contributed by atoms with Gasteiger partial charge in [0, 0.05) is 18.8 Å². The standard InChI is InChI=1S/C17H20N4O/c22-16(18-11-4-7-13-5-2-1-3-6-13)15-10-12-19-17(21-15)20-14-8-9-14/h1-3,5-6,10,12,14H,4,7-9,11H2,(H,18,22)(H,19,20,21). The zero-order chi connectivity index (χ0) is 15.2. The van der Waals surface area contributed by atoms with Gasteiger partial charge in [-0.1, -0.05) is 30.3 Å². The van der Waals surface area contributed by atoms with Crippen LogP contribution in [0.5, 0.6) is 0 Å². The molecule has 1 fully saturated rings. The van der Waals surface area contributed by atoms with Crippen LogP contribution in [0.2, 0.25) is 0 Å². The van der Waals surface area contributed by atoms with Gasteiger partial charge in [-0.3, -0.25) is 4.79 Å². The number of aromatic nitrogens is 2. The monoisotopic (exact) mass is 296 g/mol. The minimum atomic E-state index is -0.144.